The van der Waals surface area contributed by atoms with Crippen molar-refractivity contribution >= 4 is 23.9 Å². The highest BCUT2D eigenvalue weighted by Crippen LogP contribution is 2.14. The van der Waals surface area contributed by atoms with E-state index in [-0.39, 0.29) is 13.2 Å². The van der Waals surface area contributed by atoms with Gasteiger partial charge < -0.3 is 10.1 Å². The van der Waals surface area contributed by atoms with E-state index in [4.69, 9.17) is 4.74 Å². The van der Waals surface area contributed by atoms with Gasteiger partial charge >= 0.3 is 12.5 Å². The van der Waals surface area contributed by atoms with E-state index >= 15 is 0 Å². The van der Waals surface area contributed by atoms with Crippen molar-refractivity contribution in [3.8, 4) is 0 Å². The number of hydrogen-bond acceptors (Lipinski definition) is 3. The first-order valence-electron chi connectivity index (χ1n) is 8.04. The van der Waals surface area contributed by atoms with Gasteiger partial charge in [-0.05, 0) is 48.2 Å². The smallest absolute Gasteiger partial charge is 0.411 e. The Morgan fingerprint density at radius 1 is 0.920 bits per heavy atom. The lowest BCUT2D eigenvalue weighted by Crippen LogP contribution is -2.14. The van der Waals surface area contributed by atoms with Crippen LogP contribution in [0.15, 0.2) is 48.5 Å². The zero-order chi connectivity index (χ0) is 17.9. The fourth-order valence-corrected chi connectivity index (χ4v) is 2.23. The standard InChI is InChI=1S/C19H20N2O4/c22-12-1-13-25-19(24)21-18-10-6-16(7-11-18)3-2-15-4-8-17(9-5-15)20-14-23/h4-11H,1-3,12-13H2,(H,20,23)(H,21,24). The molecule has 0 aliphatic heterocycles. The summed E-state index contributed by atoms with van der Waals surface area (Å²) in [5.41, 5.74) is 3.68. The summed E-state index contributed by atoms with van der Waals surface area (Å²) in [6, 6.07) is 15.1. The number of rotatable bonds is 9. The van der Waals surface area contributed by atoms with Crippen molar-refractivity contribution in [3.63, 3.8) is 0 Å². The van der Waals surface area contributed by atoms with E-state index in [1.54, 1.807) is 6.41 Å². The third-order valence-electron chi connectivity index (χ3n) is 3.57. The summed E-state index contributed by atoms with van der Waals surface area (Å²) < 4.78 is 4.87. The van der Waals surface area contributed by atoms with Crippen LogP contribution in [0.2, 0.25) is 0 Å². The van der Waals surface area contributed by atoms with E-state index in [2.05, 4.69) is 10.6 Å². The molecule has 0 atom stereocenters. The molecule has 6 heteroatoms. The van der Waals surface area contributed by atoms with Crippen LogP contribution in [0.4, 0.5) is 16.2 Å². The Morgan fingerprint density at radius 3 is 2.00 bits per heavy atom. The lowest BCUT2D eigenvalue weighted by molar-refractivity contribution is 0.131. The second-order valence-electron chi connectivity index (χ2n) is 5.44. The van der Waals surface area contributed by atoms with Crippen LogP contribution >= 0.6 is 0 Å². The van der Waals surface area contributed by atoms with Crippen LogP contribution in [-0.4, -0.2) is 25.7 Å². The van der Waals surface area contributed by atoms with E-state index in [0.717, 1.165) is 24.1 Å². The molecular weight excluding hydrogens is 320 g/mol. The molecule has 0 fully saturated rings. The van der Waals surface area contributed by atoms with Crippen LogP contribution in [0.1, 0.15) is 17.5 Å². The largest absolute Gasteiger partial charge is 0.449 e. The fourth-order valence-electron chi connectivity index (χ4n) is 2.23. The lowest BCUT2D eigenvalue weighted by atomic mass is 10.0. The number of hydrogen-bond donors (Lipinski definition) is 2. The number of carbonyl (C=O) groups is 1. The molecule has 0 aliphatic carbocycles. The minimum absolute atomic E-state index is 0.132. The summed E-state index contributed by atoms with van der Waals surface area (Å²) in [6.07, 6.45) is 3.14. The molecular formula is C19H20N2O4. The quantitative estimate of drug-likeness (QED) is 0.542. The van der Waals surface area contributed by atoms with Gasteiger partial charge in [-0.25, -0.2) is 9.90 Å². The molecule has 2 N–H and O–H groups in total. The van der Waals surface area contributed by atoms with Crippen molar-refractivity contribution in [2.45, 2.75) is 19.3 Å². The fraction of sp³-hybridized carbons (Fsp3) is 0.263. The molecule has 130 valence electrons. The minimum Gasteiger partial charge on any atom is -0.449 e. The summed E-state index contributed by atoms with van der Waals surface area (Å²) in [4.78, 5) is 21.7. The van der Waals surface area contributed by atoms with Gasteiger partial charge in [0, 0.05) is 17.8 Å². The van der Waals surface area contributed by atoms with E-state index in [0.29, 0.717) is 12.1 Å². The lowest BCUT2D eigenvalue weighted by Gasteiger charge is -2.08. The Balaban J connectivity index is 1.79. The third kappa shape index (κ3) is 6.64. The van der Waals surface area contributed by atoms with E-state index in [1.165, 1.54) is 5.56 Å². The van der Waals surface area contributed by atoms with E-state index in [1.807, 2.05) is 48.5 Å². The molecule has 2 rings (SSSR count). The Morgan fingerprint density at radius 2 is 1.48 bits per heavy atom. The molecule has 6 nitrogen and oxygen atoms in total. The van der Waals surface area contributed by atoms with Crippen LogP contribution in [0.5, 0.6) is 0 Å². The number of amides is 2. The first kappa shape index (κ1) is 18.5. The highest BCUT2D eigenvalue weighted by molar-refractivity contribution is 5.84. The molecule has 0 aliphatic rings. The predicted molar refractivity (Wildman–Crippen MR) is 94.7 cm³/mol. The average Bonchev–Trinajstić information content (AvgIpc) is 2.63. The molecule has 2 radical (unpaired) electrons. The summed E-state index contributed by atoms with van der Waals surface area (Å²) in [5.74, 6) is 0. The van der Waals surface area contributed by atoms with Gasteiger partial charge in [-0.1, -0.05) is 24.3 Å². The second-order valence-corrected chi connectivity index (χ2v) is 5.44. The topological polar surface area (TPSA) is 87.3 Å². The third-order valence-corrected chi connectivity index (χ3v) is 3.57. The van der Waals surface area contributed by atoms with Crippen molar-refractivity contribution in [2.24, 2.45) is 0 Å². The highest BCUT2D eigenvalue weighted by atomic mass is 16.5. The molecule has 0 aromatic heterocycles. The Kier molecular flexibility index (Phi) is 7.46. The number of ether oxygens (including phenoxy) is 1. The van der Waals surface area contributed by atoms with Gasteiger partial charge in [0.2, 0.25) is 0 Å². The number of anilines is 2. The maximum absolute atomic E-state index is 11.5. The summed E-state index contributed by atoms with van der Waals surface area (Å²) in [6.45, 7) is -0.122. The second kappa shape index (κ2) is 10.1. The number of aryl methyl sites for hydroxylation is 2. The van der Waals surface area contributed by atoms with Gasteiger partial charge in [0.1, 0.15) is 0 Å². The Hall–Kier alpha value is -2.86. The van der Waals surface area contributed by atoms with Crippen molar-refractivity contribution < 1.29 is 19.4 Å². The molecule has 2 aromatic carbocycles. The maximum atomic E-state index is 11.5. The summed E-state index contributed by atoms with van der Waals surface area (Å²) in [7, 11) is 0. The number of nitrogens with one attached hydrogen (secondary N) is 2. The van der Waals surface area contributed by atoms with Crippen LogP contribution < -0.4 is 10.6 Å². The van der Waals surface area contributed by atoms with Crippen LogP contribution in [0, 0.1) is 0 Å². The highest BCUT2D eigenvalue weighted by Gasteiger charge is 2.03. The van der Waals surface area contributed by atoms with Gasteiger partial charge in [0.15, 0.2) is 0 Å². The van der Waals surface area contributed by atoms with Gasteiger partial charge in [-0.3, -0.25) is 10.1 Å². The van der Waals surface area contributed by atoms with Gasteiger partial charge in [-0.15, -0.1) is 0 Å². The predicted octanol–water partition coefficient (Wildman–Crippen LogP) is 3.32. The molecule has 0 unspecified atom stereocenters. The van der Waals surface area contributed by atoms with Gasteiger partial charge in [0.25, 0.3) is 0 Å². The minimum atomic E-state index is -0.553. The van der Waals surface area contributed by atoms with Crippen LogP contribution in [0.25, 0.3) is 0 Å². The van der Waals surface area contributed by atoms with Crippen molar-refractivity contribution in [1.29, 1.82) is 0 Å². The van der Waals surface area contributed by atoms with Gasteiger partial charge in [0.05, 0.1) is 13.2 Å². The molecule has 0 spiro atoms. The zero-order valence-electron chi connectivity index (χ0n) is 13.8. The van der Waals surface area contributed by atoms with Crippen molar-refractivity contribution in [1.82, 2.24) is 0 Å². The summed E-state index contributed by atoms with van der Waals surface area (Å²) in [5, 5.41) is 15.4. The SMILES string of the molecule is [O]CCCOC(=O)Nc1ccc(CCc2ccc(N[C]=O)cc2)cc1. The van der Waals surface area contributed by atoms with Gasteiger partial charge in [-0.2, -0.15) is 0 Å². The zero-order valence-corrected chi connectivity index (χ0v) is 13.8. The maximum Gasteiger partial charge on any atom is 0.411 e. The van der Waals surface area contributed by atoms with Crippen molar-refractivity contribution in [3.05, 3.63) is 59.7 Å². The van der Waals surface area contributed by atoms with Crippen molar-refractivity contribution in [2.75, 3.05) is 23.8 Å². The Labute approximate surface area is 146 Å². The first-order valence-corrected chi connectivity index (χ1v) is 8.04. The Bertz CT molecular complexity index is 669. The average molecular weight is 340 g/mol. The number of benzene rings is 2. The van der Waals surface area contributed by atoms with E-state index in [9.17, 15) is 14.7 Å². The summed E-state index contributed by atoms with van der Waals surface area (Å²) >= 11 is 0. The molecule has 0 heterocycles. The first-order chi connectivity index (χ1) is 12.2. The van der Waals surface area contributed by atoms with E-state index < -0.39 is 6.09 Å². The molecule has 2 aromatic rings. The normalized spacial score (nSPS) is 10.1. The number of carbonyl (C=O) groups excluding carboxylic acids is 2. The molecule has 2 amide bonds. The molecule has 25 heavy (non-hydrogen) atoms. The monoisotopic (exact) mass is 340 g/mol. The molecule has 0 bridgehead atoms. The van der Waals surface area contributed by atoms with Crippen LogP contribution in [0.3, 0.4) is 0 Å². The van der Waals surface area contributed by atoms with Crippen LogP contribution in [-0.2, 0) is 27.5 Å². The molecule has 0 saturated carbocycles. The molecule has 0 saturated heterocycles.